The fourth-order valence-corrected chi connectivity index (χ4v) is 4.22. The van der Waals surface area contributed by atoms with Gasteiger partial charge in [-0.15, -0.1) is 0 Å². The van der Waals surface area contributed by atoms with Crippen molar-refractivity contribution in [3.8, 4) is 11.5 Å². The van der Waals surface area contributed by atoms with Crippen LogP contribution in [-0.2, 0) is 19.6 Å². The van der Waals surface area contributed by atoms with Crippen molar-refractivity contribution >= 4 is 27.6 Å². The second-order valence-electron chi connectivity index (χ2n) is 5.75. The van der Waals surface area contributed by atoms with E-state index in [-0.39, 0.29) is 28.7 Å². The number of hydrogen-bond donors (Lipinski definition) is 1. The monoisotopic (exact) mass is 427 g/mol. The molecule has 0 amide bonds. The molecule has 1 unspecified atom stereocenters. The van der Waals surface area contributed by atoms with Gasteiger partial charge in [-0.3, -0.25) is 4.79 Å². The summed E-state index contributed by atoms with van der Waals surface area (Å²) in [6, 6.07) is 10.2. The molecule has 0 spiro atoms. The van der Waals surface area contributed by atoms with Crippen LogP contribution in [0.3, 0.4) is 0 Å². The van der Waals surface area contributed by atoms with Crippen LogP contribution < -0.4 is 14.2 Å². The fraction of sp³-hybridized carbons (Fsp3) is 0.316. The molecule has 2 aromatic carbocycles. The lowest BCUT2D eigenvalue weighted by atomic mass is 10.0. The average molecular weight is 428 g/mol. The first-order chi connectivity index (χ1) is 13.3. The van der Waals surface area contributed by atoms with Gasteiger partial charge in [0, 0.05) is 5.02 Å². The highest BCUT2D eigenvalue weighted by Gasteiger charge is 2.27. The van der Waals surface area contributed by atoms with Crippen molar-refractivity contribution in [2.24, 2.45) is 0 Å². The summed E-state index contributed by atoms with van der Waals surface area (Å²) >= 11 is 5.96. The lowest BCUT2D eigenvalue weighted by Gasteiger charge is -2.20. The molecule has 9 heteroatoms. The number of benzene rings is 2. The van der Waals surface area contributed by atoms with Gasteiger partial charge in [-0.25, -0.2) is 13.1 Å². The standard InChI is InChI=1S/C19H22ClNO6S/c1-4-27-19(22)12-16(13-5-8-15(25-2)9-6-13)21-28(23,24)18-11-14(20)7-10-17(18)26-3/h5-11,16,21H,4,12H2,1-3H3. The van der Waals surface area contributed by atoms with E-state index in [0.29, 0.717) is 11.3 Å². The number of esters is 1. The van der Waals surface area contributed by atoms with Gasteiger partial charge in [-0.1, -0.05) is 23.7 Å². The number of halogens is 1. The zero-order chi connectivity index (χ0) is 20.7. The molecule has 0 heterocycles. The summed E-state index contributed by atoms with van der Waals surface area (Å²) in [6.45, 7) is 1.88. The van der Waals surface area contributed by atoms with Gasteiger partial charge in [0.15, 0.2) is 0 Å². The van der Waals surface area contributed by atoms with Crippen LogP contribution in [0.4, 0.5) is 0 Å². The van der Waals surface area contributed by atoms with Gasteiger partial charge in [0.05, 0.1) is 33.3 Å². The summed E-state index contributed by atoms with van der Waals surface area (Å²) in [4.78, 5) is 11.9. The minimum atomic E-state index is -4.05. The molecule has 0 aliphatic heterocycles. The molecule has 28 heavy (non-hydrogen) atoms. The van der Waals surface area contributed by atoms with Crippen molar-refractivity contribution in [1.29, 1.82) is 0 Å². The Morgan fingerprint density at radius 2 is 1.79 bits per heavy atom. The SMILES string of the molecule is CCOC(=O)CC(NS(=O)(=O)c1cc(Cl)ccc1OC)c1ccc(OC)cc1. The number of hydrogen-bond acceptors (Lipinski definition) is 6. The molecule has 0 bridgehead atoms. The number of rotatable bonds is 9. The van der Waals surface area contributed by atoms with Crippen molar-refractivity contribution in [1.82, 2.24) is 4.72 Å². The van der Waals surface area contributed by atoms with Crippen LogP contribution in [-0.4, -0.2) is 35.2 Å². The molecule has 2 aromatic rings. The Labute approximate surface area is 169 Å². The molecule has 0 radical (unpaired) electrons. The minimum absolute atomic E-state index is 0.120. The second-order valence-corrected chi connectivity index (χ2v) is 7.87. The van der Waals surface area contributed by atoms with Gasteiger partial charge in [0.25, 0.3) is 0 Å². The van der Waals surface area contributed by atoms with Crippen LogP contribution in [0.2, 0.25) is 5.02 Å². The van der Waals surface area contributed by atoms with E-state index in [4.69, 9.17) is 25.8 Å². The van der Waals surface area contributed by atoms with Crippen LogP contribution in [0.1, 0.15) is 24.9 Å². The molecular weight excluding hydrogens is 406 g/mol. The first-order valence-corrected chi connectivity index (χ1v) is 10.3. The van der Waals surface area contributed by atoms with E-state index < -0.39 is 22.0 Å². The van der Waals surface area contributed by atoms with Crippen LogP contribution in [0.25, 0.3) is 0 Å². The maximum absolute atomic E-state index is 13.0. The molecule has 152 valence electrons. The fourth-order valence-electron chi connectivity index (χ4n) is 2.56. The Hall–Kier alpha value is -2.29. The zero-order valence-corrected chi connectivity index (χ0v) is 17.3. The number of nitrogens with one attached hydrogen (secondary N) is 1. The van der Waals surface area contributed by atoms with Gasteiger partial charge >= 0.3 is 5.97 Å². The Morgan fingerprint density at radius 3 is 2.36 bits per heavy atom. The minimum Gasteiger partial charge on any atom is -0.497 e. The first kappa shape index (κ1) is 22.0. The molecule has 0 aliphatic carbocycles. The van der Waals surface area contributed by atoms with Crippen LogP contribution >= 0.6 is 11.6 Å². The number of carbonyl (C=O) groups excluding carboxylic acids is 1. The van der Waals surface area contributed by atoms with Gasteiger partial charge < -0.3 is 14.2 Å². The summed E-state index contributed by atoms with van der Waals surface area (Å²) in [5, 5.41) is 0.243. The molecule has 0 saturated carbocycles. The van der Waals surface area contributed by atoms with Crippen molar-refractivity contribution < 1.29 is 27.4 Å². The van der Waals surface area contributed by atoms with Gasteiger partial charge in [0.1, 0.15) is 16.4 Å². The van der Waals surface area contributed by atoms with E-state index >= 15 is 0 Å². The highest BCUT2D eigenvalue weighted by Crippen LogP contribution is 2.29. The summed E-state index contributed by atoms with van der Waals surface area (Å²) < 4.78 is 43.8. The molecule has 0 saturated heterocycles. The number of methoxy groups -OCH3 is 2. The Bertz CT molecular complexity index is 915. The maximum Gasteiger partial charge on any atom is 0.307 e. The smallest absolute Gasteiger partial charge is 0.307 e. The predicted octanol–water partition coefficient (Wildman–Crippen LogP) is 3.33. The van der Waals surface area contributed by atoms with Crippen LogP contribution in [0, 0.1) is 0 Å². The van der Waals surface area contributed by atoms with Crippen molar-refractivity contribution in [3.05, 3.63) is 53.1 Å². The maximum atomic E-state index is 13.0. The highest BCUT2D eigenvalue weighted by atomic mass is 35.5. The first-order valence-electron chi connectivity index (χ1n) is 8.46. The van der Waals surface area contributed by atoms with Crippen LogP contribution in [0.15, 0.2) is 47.4 Å². The van der Waals surface area contributed by atoms with E-state index in [1.807, 2.05) is 0 Å². The summed E-state index contributed by atoms with van der Waals surface area (Å²) in [5.41, 5.74) is 0.582. The number of carbonyl (C=O) groups is 1. The molecule has 7 nitrogen and oxygen atoms in total. The van der Waals surface area contributed by atoms with Crippen LogP contribution in [0.5, 0.6) is 11.5 Å². The molecule has 2 rings (SSSR count). The van der Waals surface area contributed by atoms with Gasteiger partial charge in [-0.05, 0) is 42.8 Å². The lowest BCUT2D eigenvalue weighted by molar-refractivity contribution is -0.143. The third kappa shape index (κ3) is 5.60. The topological polar surface area (TPSA) is 90.9 Å². The van der Waals surface area contributed by atoms with E-state index in [1.54, 1.807) is 31.2 Å². The van der Waals surface area contributed by atoms with E-state index in [0.717, 1.165) is 0 Å². The van der Waals surface area contributed by atoms with Gasteiger partial charge in [0.2, 0.25) is 10.0 Å². The third-order valence-corrected chi connectivity index (χ3v) is 5.63. The predicted molar refractivity (Wildman–Crippen MR) is 105 cm³/mol. The molecular formula is C19H22ClNO6S. The second kappa shape index (κ2) is 9.77. The lowest BCUT2D eigenvalue weighted by Crippen LogP contribution is -2.31. The Morgan fingerprint density at radius 1 is 1.11 bits per heavy atom. The number of ether oxygens (including phenoxy) is 3. The Balaban J connectivity index is 2.39. The third-order valence-electron chi connectivity index (χ3n) is 3.91. The normalized spacial score (nSPS) is 12.3. The zero-order valence-electron chi connectivity index (χ0n) is 15.8. The van der Waals surface area contributed by atoms with E-state index in [2.05, 4.69) is 4.72 Å². The molecule has 1 N–H and O–H groups in total. The number of sulfonamides is 1. The quantitative estimate of drug-likeness (QED) is 0.617. The van der Waals surface area contributed by atoms with E-state index in [9.17, 15) is 13.2 Å². The largest absolute Gasteiger partial charge is 0.497 e. The molecule has 0 aliphatic rings. The molecule has 1 atom stereocenters. The Kier molecular flexibility index (Phi) is 7.68. The van der Waals surface area contributed by atoms with Crippen molar-refractivity contribution in [2.45, 2.75) is 24.3 Å². The molecule has 0 fully saturated rings. The summed E-state index contributed by atoms with van der Waals surface area (Å²) in [7, 11) is -1.16. The van der Waals surface area contributed by atoms with Gasteiger partial charge in [-0.2, -0.15) is 0 Å². The average Bonchev–Trinajstić information content (AvgIpc) is 2.67. The highest BCUT2D eigenvalue weighted by molar-refractivity contribution is 7.89. The van der Waals surface area contributed by atoms with E-state index in [1.165, 1.54) is 32.4 Å². The summed E-state index contributed by atoms with van der Waals surface area (Å²) in [6.07, 6.45) is -0.178. The molecule has 0 aromatic heterocycles. The summed E-state index contributed by atoms with van der Waals surface area (Å²) in [5.74, 6) is 0.226. The van der Waals surface area contributed by atoms with Crippen molar-refractivity contribution in [2.75, 3.05) is 20.8 Å². The van der Waals surface area contributed by atoms with Crippen molar-refractivity contribution in [3.63, 3.8) is 0 Å².